The maximum Gasteiger partial charge on any atom is 0.0738 e. The zero-order valence-electron chi connectivity index (χ0n) is 12.9. The van der Waals surface area contributed by atoms with Crippen LogP contribution in [0.25, 0.3) is 0 Å². The van der Waals surface area contributed by atoms with Crippen molar-refractivity contribution in [2.75, 3.05) is 5.88 Å². The van der Waals surface area contributed by atoms with Crippen LogP contribution in [0, 0.1) is 6.92 Å². The van der Waals surface area contributed by atoms with Crippen LogP contribution in [0.2, 0.25) is 0 Å². The Morgan fingerprint density at radius 1 is 1.24 bits per heavy atom. The van der Waals surface area contributed by atoms with E-state index in [0.29, 0.717) is 5.88 Å². The number of hydrogen-bond donors (Lipinski definition) is 0. The Labute approximate surface area is 140 Å². The Bertz CT molecular complexity index is 588. The van der Waals surface area contributed by atoms with E-state index in [-0.39, 0.29) is 5.41 Å². The summed E-state index contributed by atoms with van der Waals surface area (Å²) in [4.78, 5) is 0. The van der Waals surface area contributed by atoms with Gasteiger partial charge in [0.15, 0.2) is 0 Å². The lowest BCUT2D eigenvalue weighted by molar-refractivity contribution is 0.436. The van der Waals surface area contributed by atoms with Crippen molar-refractivity contribution in [1.82, 2.24) is 9.78 Å². The van der Waals surface area contributed by atoms with Gasteiger partial charge in [0.25, 0.3) is 0 Å². The summed E-state index contributed by atoms with van der Waals surface area (Å²) < 4.78 is 3.20. The average molecular weight is 370 g/mol. The van der Waals surface area contributed by atoms with Crippen molar-refractivity contribution in [3.63, 3.8) is 0 Å². The summed E-state index contributed by atoms with van der Waals surface area (Å²) in [5, 5.41) is 4.60. The van der Waals surface area contributed by atoms with E-state index < -0.39 is 0 Å². The number of halogens is 2. The van der Waals surface area contributed by atoms with Crippen molar-refractivity contribution in [2.24, 2.45) is 0 Å². The zero-order valence-corrected chi connectivity index (χ0v) is 15.2. The highest BCUT2D eigenvalue weighted by molar-refractivity contribution is 9.10. The lowest BCUT2D eigenvalue weighted by atomic mass is 9.76. The normalized spacial score (nSPS) is 14.1. The fourth-order valence-corrected chi connectivity index (χ4v) is 3.66. The van der Waals surface area contributed by atoms with Crippen LogP contribution in [-0.4, -0.2) is 15.7 Å². The highest BCUT2D eigenvalue weighted by Gasteiger charge is 2.32. The van der Waals surface area contributed by atoms with Crippen molar-refractivity contribution in [1.29, 1.82) is 0 Å². The van der Waals surface area contributed by atoms with Crippen molar-refractivity contribution in [2.45, 2.75) is 45.6 Å². The summed E-state index contributed by atoms with van der Waals surface area (Å²) in [7, 11) is 0. The molecule has 0 fully saturated rings. The first kappa shape index (κ1) is 16.6. The molecule has 0 saturated heterocycles. The lowest BCUT2D eigenvalue weighted by Crippen LogP contribution is -2.31. The first-order chi connectivity index (χ1) is 10.1. The van der Waals surface area contributed by atoms with E-state index in [1.54, 1.807) is 0 Å². The standard InChI is InChI=1S/C17H22BrClN2/c1-4-17(12-19,14-9-7-6-8-10-14)11-15-16(18)13(3)20-21(15)5-2/h6-10H,4-5,11-12H2,1-3H3. The molecule has 1 atom stereocenters. The fourth-order valence-electron chi connectivity index (χ4n) is 2.80. The van der Waals surface area contributed by atoms with Crippen LogP contribution in [0.4, 0.5) is 0 Å². The monoisotopic (exact) mass is 368 g/mol. The largest absolute Gasteiger partial charge is 0.268 e. The van der Waals surface area contributed by atoms with E-state index >= 15 is 0 Å². The van der Waals surface area contributed by atoms with Crippen molar-refractivity contribution < 1.29 is 0 Å². The van der Waals surface area contributed by atoms with Gasteiger partial charge in [0.05, 0.1) is 15.9 Å². The molecule has 2 nitrogen and oxygen atoms in total. The van der Waals surface area contributed by atoms with Gasteiger partial charge in [-0.25, -0.2) is 0 Å². The summed E-state index contributed by atoms with van der Waals surface area (Å²) in [5.41, 5.74) is 3.53. The van der Waals surface area contributed by atoms with Gasteiger partial charge in [-0.05, 0) is 41.8 Å². The van der Waals surface area contributed by atoms with Gasteiger partial charge in [-0.1, -0.05) is 37.3 Å². The van der Waals surface area contributed by atoms with E-state index in [2.05, 4.69) is 69.9 Å². The SMILES string of the molecule is CCn1nc(C)c(Br)c1CC(CC)(CCl)c1ccccc1. The summed E-state index contributed by atoms with van der Waals surface area (Å²) >= 11 is 10.1. The quantitative estimate of drug-likeness (QED) is 0.647. The van der Waals surface area contributed by atoms with Gasteiger partial charge in [0.2, 0.25) is 0 Å². The molecule has 2 rings (SSSR count). The molecule has 0 saturated carbocycles. The molecule has 21 heavy (non-hydrogen) atoms. The third-order valence-electron chi connectivity index (χ3n) is 4.28. The van der Waals surface area contributed by atoms with Gasteiger partial charge in [-0.2, -0.15) is 5.10 Å². The zero-order chi connectivity index (χ0) is 15.5. The van der Waals surface area contributed by atoms with Gasteiger partial charge >= 0.3 is 0 Å². The number of nitrogens with zero attached hydrogens (tertiary/aromatic N) is 2. The van der Waals surface area contributed by atoms with Gasteiger partial charge in [-0.15, -0.1) is 11.6 Å². The molecule has 1 aromatic carbocycles. The Morgan fingerprint density at radius 3 is 2.43 bits per heavy atom. The molecule has 0 aliphatic heterocycles. The lowest BCUT2D eigenvalue weighted by Gasteiger charge is -2.31. The van der Waals surface area contributed by atoms with Crippen molar-refractivity contribution in [3.8, 4) is 0 Å². The molecule has 0 N–H and O–H groups in total. The molecule has 0 bridgehead atoms. The van der Waals surface area contributed by atoms with Gasteiger partial charge < -0.3 is 0 Å². The van der Waals surface area contributed by atoms with Crippen molar-refractivity contribution in [3.05, 3.63) is 51.8 Å². The van der Waals surface area contributed by atoms with Crippen LogP contribution in [0.3, 0.4) is 0 Å². The third kappa shape index (κ3) is 3.19. The highest BCUT2D eigenvalue weighted by Crippen LogP contribution is 2.36. The van der Waals surface area contributed by atoms with Gasteiger partial charge in [-0.3, -0.25) is 4.68 Å². The Hall–Kier alpha value is -0.800. The topological polar surface area (TPSA) is 17.8 Å². The van der Waals surface area contributed by atoms with Crippen LogP contribution in [-0.2, 0) is 18.4 Å². The minimum Gasteiger partial charge on any atom is -0.268 e. The third-order valence-corrected chi connectivity index (χ3v) is 5.82. The molecule has 2 aromatic rings. The van der Waals surface area contributed by atoms with Crippen LogP contribution in [0.15, 0.2) is 34.8 Å². The highest BCUT2D eigenvalue weighted by atomic mass is 79.9. The van der Waals surface area contributed by atoms with E-state index in [0.717, 1.165) is 29.6 Å². The van der Waals surface area contributed by atoms with Crippen LogP contribution in [0.1, 0.15) is 37.2 Å². The summed E-state index contributed by atoms with van der Waals surface area (Å²) in [6, 6.07) is 10.6. The molecule has 0 radical (unpaired) electrons. The molecule has 0 aliphatic carbocycles. The molecule has 1 aromatic heterocycles. The molecule has 0 aliphatic rings. The smallest absolute Gasteiger partial charge is 0.0738 e. The predicted molar refractivity (Wildman–Crippen MR) is 93.2 cm³/mol. The van der Waals surface area contributed by atoms with Crippen LogP contribution in [0.5, 0.6) is 0 Å². The molecule has 0 amide bonds. The van der Waals surface area contributed by atoms with E-state index in [9.17, 15) is 0 Å². The van der Waals surface area contributed by atoms with Crippen molar-refractivity contribution >= 4 is 27.5 Å². The Balaban J connectivity index is 2.46. The Morgan fingerprint density at radius 2 is 1.90 bits per heavy atom. The second-order valence-corrected chi connectivity index (χ2v) is 6.53. The number of aromatic nitrogens is 2. The molecular formula is C17H22BrClN2. The predicted octanol–water partition coefficient (Wildman–Crippen LogP) is 5.10. The maximum atomic E-state index is 6.42. The van der Waals surface area contributed by atoms with Crippen LogP contribution < -0.4 is 0 Å². The second kappa shape index (κ2) is 6.97. The Kier molecular flexibility index (Phi) is 5.50. The molecule has 1 heterocycles. The molecule has 4 heteroatoms. The first-order valence-corrected chi connectivity index (χ1v) is 8.74. The van der Waals surface area contributed by atoms with E-state index in [4.69, 9.17) is 11.6 Å². The maximum absolute atomic E-state index is 6.42. The van der Waals surface area contributed by atoms with E-state index in [1.165, 1.54) is 11.3 Å². The number of aryl methyl sites for hydroxylation is 2. The van der Waals surface area contributed by atoms with E-state index in [1.807, 2.05) is 6.92 Å². The number of alkyl halides is 1. The summed E-state index contributed by atoms with van der Waals surface area (Å²) in [5.74, 6) is 0.605. The number of hydrogen-bond acceptors (Lipinski definition) is 1. The molecule has 1 unspecified atom stereocenters. The molecule has 114 valence electrons. The van der Waals surface area contributed by atoms with Gasteiger partial charge in [0, 0.05) is 24.3 Å². The fraction of sp³-hybridized carbons (Fsp3) is 0.471. The molecule has 0 spiro atoms. The second-order valence-electron chi connectivity index (χ2n) is 5.47. The summed E-state index contributed by atoms with van der Waals surface area (Å²) in [6.07, 6.45) is 1.90. The van der Waals surface area contributed by atoms with Gasteiger partial charge in [0.1, 0.15) is 0 Å². The summed E-state index contributed by atoms with van der Waals surface area (Å²) in [6.45, 7) is 7.25. The number of benzene rings is 1. The minimum atomic E-state index is -0.0509. The first-order valence-electron chi connectivity index (χ1n) is 7.41. The minimum absolute atomic E-state index is 0.0509. The average Bonchev–Trinajstić information content (AvgIpc) is 2.80. The number of rotatable bonds is 6. The van der Waals surface area contributed by atoms with Crippen LogP contribution >= 0.6 is 27.5 Å². The molecular weight excluding hydrogens is 348 g/mol.